The largest absolute Gasteiger partial charge is 0.495 e. The molecule has 6 heteroatoms. The molecule has 0 bridgehead atoms. The highest BCUT2D eigenvalue weighted by Crippen LogP contribution is 2.44. The third kappa shape index (κ3) is 5.10. The van der Waals surface area contributed by atoms with Crippen LogP contribution in [0.1, 0.15) is 44.0 Å². The highest BCUT2D eigenvalue weighted by molar-refractivity contribution is 9.10. The summed E-state index contributed by atoms with van der Waals surface area (Å²) >= 11 is 3.45. The average molecular weight is 419 g/mol. The van der Waals surface area contributed by atoms with Crippen LogP contribution in [0.2, 0.25) is 0 Å². The minimum Gasteiger partial charge on any atom is -0.495 e. The normalized spacial score (nSPS) is 12.7. The van der Waals surface area contributed by atoms with Crippen LogP contribution in [0.25, 0.3) is 0 Å². The second-order valence-electron chi connectivity index (χ2n) is 6.81. The average Bonchev–Trinajstić information content (AvgIpc) is 2.52. The molecule has 0 aliphatic carbocycles. The van der Waals surface area contributed by atoms with Crippen molar-refractivity contribution < 1.29 is 19.0 Å². The van der Waals surface area contributed by atoms with E-state index in [1.807, 2.05) is 0 Å². The van der Waals surface area contributed by atoms with Gasteiger partial charge in [0.2, 0.25) is 0 Å². The summed E-state index contributed by atoms with van der Waals surface area (Å²) in [5.41, 5.74) is 0.316. The number of rotatable bonds is 9. The first-order valence-corrected chi connectivity index (χ1v) is 9.53. The topological polar surface area (TPSA) is 44.8 Å². The van der Waals surface area contributed by atoms with Crippen molar-refractivity contribution in [1.82, 2.24) is 0 Å². The molecule has 0 N–H and O–H groups in total. The fourth-order valence-electron chi connectivity index (χ4n) is 3.02. The van der Waals surface area contributed by atoms with Gasteiger partial charge < -0.3 is 14.2 Å². The van der Waals surface area contributed by atoms with Crippen LogP contribution in [-0.2, 0) is 0 Å². The number of ketones is 1. The molecular weight excluding hydrogens is 391 g/mol. The summed E-state index contributed by atoms with van der Waals surface area (Å²) in [6, 6.07) is 1.75. The number of hydrogen-bond acceptors (Lipinski definition) is 4. The van der Waals surface area contributed by atoms with Gasteiger partial charge in [-0.2, -0.15) is 0 Å². The van der Waals surface area contributed by atoms with Crippen LogP contribution in [-0.4, -0.2) is 33.3 Å². The van der Waals surface area contributed by atoms with Crippen molar-refractivity contribution in [3.05, 3.63) is 16.1 Å². The van der Waals surface area contributed by atoms with Crippen molar-refractivity contribution in [2.24, 2.45) is 11.3 Å². The summed E-state index contributed by atoms with van der Waals surface area (Å²) < 4.78 is 16.9. The molecule has 24 heavy (non-hydrogen) atoms. The molecule has 2 unspecified atom stereocenters. The van der Waals surface area contributed by atoms with E-state index in [1.54, 1.807) is 20.3 Å². The number of hydrogen-bond donors (Lipinski definition) is 0. The molecule has 0 saturated heterocycles. The van der Waals surface area contributed by atoms with E-state index in [0.29, 0.717) is 39.6 Å². The molecular formula is C18H28BrO4P. The molecule has 1 rings (SSSR count). The smallest absolute Gasteiger partial charge is 0.175 e. The van der Waals surface area contributed by atoms with Crippen molar-refractivity contribution in [2.75, 3.05) is 27.5 Å². The minimum absolute atomic E-state index is 0.00995. The van der Waals surface area contributed by atoms with Crippen LogP contribution in [0.15, 0.2) is 10.5 Å². The van der Waals surface area contributed by atoms with Crippen LogP contribution < -0.4 is 14.2 Å². The van der Waals surface area contributed by atoms with Crippen molar-refractivity contribution in [1.29, 1.82) is 0 Å². The molecule has 0 saturated carbocycles. The van der Waals surface area contributed by atoms with Crippen LogP contribution >= 0.6 is 25.2 Å². The van der Waals surface area contributed by atoms with E-state index in [9.17, 15) is 4.79 Å². The van der Waals surface area contributed by atoms with Gasteiger partial charge in [-0.05, 0) is 39.8 Å². The third-order valence-corrected chi connectivity index (χ3v) is 5.40. The van der Waals surface area contributed by atoms with Crippen molar-refractivity contribution >= 4 is 31.0 Å². The Bertz CT molecular complexity index is 587. The van der Waals surface area contributed by atoms with Crippen molar-refractivity contribution in [2.45, 2.75) is 33.6 Å². The van der Waals surface area contributed by atoms with Gasteiger partial charge in [-0.1, -0.05) is 20.8 Å². The zero-order chi connectivity index (χ0) is 18.5. The lowest BCUT2D eigenvalue weighted by Gasteiger charge is -2.27. The second kappa shape index (κ2) is 9.05. The lowest BCUT2D eigenvalue weighted by atomic mass is 9.78. The Kier molecular flexibility index (Phi) is 8.01. The molecule has 0 fully saturated rings. The van der Waals surface area contributed by atoms with Gasteiger partial charge in [-0.3, -0.25) is 4.79 Å². The van der Waals surface area contributed by atoms with Gasteiger partial charge in [0.05, 0.1) is 25.8 Å². The van der Waals surface area contributed by atoms with E-state index < -0.39 is 0 Å². The lowest BCUT2D eigenvalue weighted by molar-refractivity contribution is 0.0911. The summed E-state index contributed by atoms with van der Waals surface area (Å²) in [4.78, 5) is 13.1. The van der Waals surface area contributed by atoms with E-state index in [0.717, 1.165) is 12.6 Å². The zero-order valence-electron chi connectivity index (χ0n) is 15.4. The Morgan fingerprint density at radius 3 is 2.25 bits per heavy atom. The Morgan fingerprint density at radius 1 is 1.21 bits per heavy atom. The maximum atomic E-state index is 13.1. The number of carbonyl (C=O) groups excluding carboxylic acids is 1. The number of carbonyl (C=O) groups is 1. The fourth-order valence-corrected chi connectivity index (χ4v) is 3.76. The van der Waals surface area contributed by atoms with Crippen molar-refractivity contribution in [3.63, 3.8) is 0 Å². The number of ether oxygens (including phenoxy) is 3. The third-order valence-electron chi connectivity index (χ3n) is 4.00. The maximum Gasteiger partial charge on any atom is 0.175 e. The van der Waals surface area contributed by atoms with Gasteiger partial charge >= 0.3 is 0 Å². The predicted molar refractivity (Wildman–Crippen MR) is 105 cm³/mol. The Hall–Kier alpha value is -0.800. The van der Waals surface area contributed by atoms with E-state index in [2.05, 4.69) is 45.9 Å². The molecule has 0 amide bonds. The summed E-state index contributed by atoms with van der Waals surface area (Å²) in [5.74, 6) is 1.93. The monoisotopic (exact) mass is 418 g/mol. The SMILES string of the molecule is COc1cc(Br)c(OC)c(C(=O)CC(C)(C)CC(C)CP)c1OC. The minimum atomic E-state index is -0.112. The predicted octanol–water partition coefficient (Wildman–Crippen LogP) is 4.98. The van der Waals surface area contributed by atoms with E-state index >= 15 is 0 Å². The molecule has 1 aromatic rings. The lowest BCUT2D eigenvalue weighted by Crippen LogP contribution is -2.21. The highest BCUT2D eigenvalue weighted by Gasteiger charge is 2.30. The van der Waals surface area contributed by atoms with Crippen LogP contribution in [0.4, 0.5) is 0 Å². The van der Waals surface area contributed by atoms with E-state index in [4.69, 9.17) is 14.2 Å². The summed E-state index contributed by atoms with van der Waals surface area (Å²) in [5, 5.41) is 0. The zero-order valence-corrected chi connectivity index (χ0v) is 18.1. The fraction of sp³-hybridized carbons (Fsp3) is 0.611. The Balaban J connectivity index is 3.28. The van der Waals surface area contributed by atoms with Gasteiger partial charge in [-0.25, -0.2) is 0 Å². The van der Waals surface area contributed by atoms with Gasteiger partial charge in [0.15, 0.2) is 17.3 Å². The van der Waals surface area contributed by atoms with Gasteiger partial charge in [0.1, 0.15) is 11.3 Å². The number of methoxy groups -OCH3 is 3. The molecule has 4 nitrogen and oxygen atoms in total. The van der Waals surface area contributed by atoms with Crippen LogP contribution in [0.5, 0.6) is 17.2 Å². The molecule has 0 radical (unpaired) electrons. The van der Waals surface area contributed by atoms with Crippen molar-refractivity contribution in [3.8, 4) is 17.2 Å². The van der Waals surface area contributed by atoms with Crippen LogP contribution in [0, 0.1) is 11.3 Å². The standard InChI is InChI=1S/C18H28BrO4P/c1-11(10-24)8-18(2,3)9-13(20)15-16(22-5)12(19)7-14(21-4)17(15)23-6/h7,11H,8-10,24H2,1-6H3. The maximum absolute atomic E-state index is 13.1. The molecule has 0 aliphatic heterocycles. The van der Waals surface area contributed by atoms with Gasteiger partial charge in [0.25, 0.3) is 0 Å². The number of Topliss-reactive ketones (excluding diaryl/α,β-unsaturated/α-hetero) is 1. The molecule has 0 heterocycles. The Labute approximate surface area is 156 Å². The molecule has 0 spiro atoms. The Morgan fingerprint density at radius 2 is 1.79 bits per heavy atom. The molecule has 1 aromatic carbocycles. The van der Waals surface area contributed by atoms with Crippen LogP contribution in [0.3, 0.4) is 0 Å². The number of halogens is 1. The second-order valence-corrected chi connectivity index (χ2v) is 8.14. The van der Waals surface area contributed by atoms with E-state index in [-0.39, 0.29) is 11.2 Å². The first-order valence-electron chi connectivity index (χ1n) is 7.92. The van der Waals surface area contributed by atoms with Gasteiger partial charge in [0, 0.05) is 12.5 Å². The van der Waals surface area contributed by atoms with E-state index in [1.165, 1.54) is 7.11 Å². The van der Waals surface area contributed by atoms with Gasteiger partial charge in [-0.15, -0.1) is 9.24 Å². The summed E-state index contributed by atoms with van der Waals surface area (Å²) in [6.45, 7) is 6.44. The molecule has 136 valence electrons. The highest BCUT2D eigenvalue weighted by atomic mass is 79.9. The summed E-state index contributed by atoms with van der Waals surface area (Å²) in [6.07, 6.45) is 2.40. The quantitative estimate of drug-likeness (QED) is 0.419. The number of benzene rings is 1. The molecule has 0 aromatic heterocycles. The first kappa shape index (κ1) is 21.2. The summed E-state index contributed by atoms with van der Waals surface area (Å²) in [7, 11) is 7.39. The molecule has 2 atom stereocenters. The first-order chi connectivity index (χ1) is 11.2. The molecule has 0 aliphatic rings.